The number of anilines is 1. The molecular weight excluding hydrogens is 436 g/mol. The Hall–Kier alpha value is -2.84. The number of amides is 3. The molecule has 0 spiro atoms. The zero-order chi connectivity index (χ0) is 19.6. The molecule has 0 saturated heterocycles. The number of fused-ring (bicyclic) bond motifs is 1. The van der Waals surface area contributed by atoms with Crippen LogP contribution in [0.15, 0.2) is 53.0 Å². The first kappa shape index (κ1) is 18.9. The van der Waals surface area contributed by atoms with Crippen LogP contribution in [0, 0.1) is 0 Å². The number of halogens is 2. The summed E-state index contributed by atoms with van der Waals surface area (Å²) in [4.78, 5) is 36.4. The molecule has 138 valence electrons. The predicted octanol–water partition coefficient (Wildman–Crippen LogP) is 3.13. The van der Waals surface area contributed by atoms with E-state index in [1.807, 2.05) is 0 Å². The minimum atomic E-state index is -0.894. The van der Waals surface area contributed by atoms with Gasteiger partial charge in [-0.1, -0.05) is 33.6 Å². The number of nitrogens with one attached hydrogen (secondary N) is 3. The summed E-state index contributed by atoms with van der Waals surface area (Å²) in [5, 5.41) is 6.15. The van der Waals surface area contributed by atoms with Crippen molar-refractivity contribution in [1.29, 1.82) is 0 Å². The Balaban J connectivity index is 2.02. The first-order valence-electron chi connectivity index (χ1n) is 7.80. The van der Waals surface area contributed by atoms with Gasteiger partial charge >= 0.3 is 11.8 Å². The summed E-state index contributed by atoms with van der Waals surface area (Å²) in [6.45, 7) is 0. The van der Waals surface area contributed by atoms with Crippen LogP contribution in [-0.4, -0.2) is 29.4 Å². The SMILES string of the molecule is CNC(=O)C(=O)Nn1c(C(=O)Nc2cccc(Cl)c2)cc2cc(Br)ccc21. The number of likely N-dealkylation sites (N-methyl/N-ethyl adjacent to an activating group) is 1. The highest BCUT2D eigenvalue weighted by Gasteiger charge is 2.20. The molecule has 1 heterocycles. The van der Waals surface area contributed by atoms with Crippen molar-refractivity contribution in [3.8, 4) is 0 Å². The van der Waals surface area contributed by atoms with Crippen LogP contribution < -0.4 is 16.1 Å². The van der Waals surface area contributed by atoms with Gasteiger partial charge < -0.3 is 10.6 Å². The highest BCUT2D eigenvalue weighted by Crippen LogP contribution is 2.24. The first-order valence-corrected chi connectivity index (χ1v) is 8.97. The lowest BCUT2D eigenvalue weighted by molar-refractivity contribution is -0.136. The van der Waals surface area contributed by atoms with Crippen LogP contribution in [0.5, 0.6) is 0 Å². The molecule has 0 aliphatic rings. The number of hydrogen-bond acceptors (Lipinski definition) is 3. The van der Waals surface area contributed by atoms with Crippen LogP contribution in [0.4, 0.5) is 5.69 Å². The van der Waals surface area contributed by atoms with Crippen molar-refractivity contribution < 1.29 is 14.4 Å². The molecule has 27 heavy (non-hydrogen) atoms. The maximum absolute atomic E-state index is 12.8. The quantitative estimate of drug-likeness (QED) is 0.537. The third-order valence-electron chi connectivity index (χ3n) is 3.73. The molecule has 0 bridgehead atoms. The lowest BCUT2D eigenvalue weighted by Gasteiger charge is -2.12. The second-order valence-electron chi connectivity index (χ2n) is 5.55. The Labute approximate surface area is 167 Å². The second-order valence-corrected chi connectivity index (χ2v) is 6.90. The number of rotatable bonds is 3. The summed E-state index contributed by atoms with van der Waals surface area (Å²) in [5.41, 5.74) is 3.66. The molecule has 3 aromatic rings. The zero-order valence-electron chi connectivity index (χ0n) is 14.0. The average molecular weight is 450 g/mol. The number of aromatic nitrogens is 1. The molecule has 0 saturated carbocycles. The fourth-order valence-corrected chi connectivity index (χ4v) is 3.07. The van der Waals surface area contributed by atoms with Crippen LogP contribution in [0.2, 0.25) is 5.02 Å². The van der Waals surface area contributed by atoms with Crippen LogP contribution in [0.25, 0.3) is 10.9 Å². The zero-order valence-corrected chi connectivity index (χ0v) is 16.4. The van der Waals surface area contributed by atoms with E-state index in [4.69, 9.17) is 11.6 Å². The summed E-state index contributed by atoms with van der Waals surface area (Å²) in [6.07, 6.45) is 0. The number of benzene rings is 2. The van der Waals surface area contributed by atoms with Gasteiger partial charge in [-0.2, -0.15) is 0 Å². The van der Waals surface area contributed by atoms with Crippen molar-refractivity contribution in [3.63, 3.8) is 0 Å². The molecule has 0 unspecified atom stereocenters. The van der Waals surface area contributed by atoms with Crippen molar-refractivity contribution in [2.24, 2.45) is 0 Å². The molecule has 9 heteroatoms. The Kier molecular flexibility index (Phi) is 5.48. The van der Waals surface area contributed by atoms with E-state index in [-0.39, 0.29) is 5.69 Å². The number of carbonyl (C=O) groups is 3. The number of nitrogens with zero attached hydrogens (tertiary/aromatic N) is 1. The summed E-state index contributed by atoms with van der Waals surface area (Å²) in [5.74, 6) is -2.19. The average Bonchev–Trinajstić information content (AvgIpc) is 2.98. The number of hydrogen-bond donors (Lipinski definition) is 3. The Morgan fingerprint density at radius 1 is 1.04 bits per heavy atom. The van der Waals surface area contributed by atoms with Gasteiger partial charge in [0.25, 0.3) is 5.91 Å². The molecular formula is C18H14BrClN4O3. The van der Waals surface area contributed by atoms with E-state index in [9.17, 15) is 14.4 Å². The van der Waals surface area contributed by atoms with E-state index >= 15 is 0 Å². The summed E-state index contributed by atoms with van der Waals surface area (Å²) in [6, 6.07) is 13.6. The highest BCUT2D eigenvalue weighted by molar-refractivity contribution is 9.10. The van der Waals surface area contributed by atoms with Gasteiger partial charge in [0.1, 0.15) is 5.69 Å². The first-order chi connectivity index (χ1) is 12.9. The van der Waals surface area contributed by atoms with E-state index in [2.05, 4.69) is 32.0 Å². The van der Waals surface area contributed by atoms with Gasteiger partial charge in [-0.3, -0.25) is 19.8 Å². The molecule has 2 aromatic carbocycles. The highest BCUT2D eigenvalue weighted by atomic mass is 79.9. The minimum Gasteiger partial charge on any atom is -0.351 e. The van der Waals surface area contributed by atoms with Crippen LogP contribution in [0.1, 0.15) is 10.5 Å². The summed E-state index contributed by atoms with van der Waals surface area (Å²) >= 11 is 9.32. The smallest absolute Gasteiger partial charge is 0.328 e. The topological polar surface area (TPSA) is 92.2 Å². The van der Waals surface area contributed by atoms with Gasteiger partial charge in [0, 0.05) is 27.6 Å². The van der Waals surface area contributed by atoms with Gasteiger partial charge in [-0.25, -0.2) is 4.68 Å². The minimum absolute atomic E-state index is 0.153. The van der Waals surface area contributed by atoms with E-state index in [0.717, 1.165) is 4.47 Å². The Bertz CT molecular complexity index is 1060. The Morgan fingerprint density at radius 2 is 1.81 bits per heavy atom. The molecule has 0 atom stereocenters. The largest absolute Gasteiger partial charge is 0.351 e. The predicted molar refractivity (Wildman–Crippen MR) is 107 cm³/mol. The van der Waals surface area contributed by atoms with Gasteiger partial charge in [0.2, 0.25) is 0 Å². The molecule has 0 aliphatic carbocycles. The fourth-order valence-electron chi connectivity index (χ4n) is 2.50. The molecule has 3 N–H and O–H groups in total. The maximum atomic E-state index is 12.8. The maximum Gasteiger partial charge on any atom is 0.328 e. The van der Waals surface area contributed by atoms with Crippen LogP contribution in [-0.2, 0) is 9.59 Å². The lowest BCUT2D eigenvalue weighted by Crippen LogP contribution is -2.38. The van der Waals surface area contributed by atoms with E-state index < -0.39 is 17.7 Å². The van der Waals surface area contributed by atoms with Crippen LogP contribution in [0.3, 0.4) is 0 Å². The molecule has 0 fully saturated rings. The Morgan fingerprint density at radius 3 is 2.52 bits per heavy atom. The van der Waals surface area contributed by atoms with E-state index in [1.54, 1.807) is 48.5 Å². The summed E-state index contributed by atoms with van der Waals surface area (Å²) < 4.78 is 2.09. The van der Waals surface area contributed by atoms with Gasteiger partial charge in [0.15, 0.2) is 0 Å². The van der Waals surface area contributed by atoms with Gasteiger partial charge in [-0.05, 0) is 42.5 Å². The van der Waals surface area contributed by atoms with Crippen molar-refractivity contribution in [3.05, 3.63) is 63.7 Å². The monoisotopic (exact) mass is 448 g/mol. The van der Waals surface area contributed by atoms with Crippen molar-refractivity contribution >= 4 is 61.8 Å². The second kappa shape index (κ2) is 7.81. The third kappa shape index (κ3) is 4.12. The molecule has 3 rings (SSSR count). The van der Waals surface area contributed by atoms with Crippen molar-refractivity contribution in [2.75, 3.05) is 17.8 Å². The standard InChI is InChI=1S/C18H14BrClN4O3/c1-21-17(26)18(27)23-24-14-6-5-11(19)7-10(14)8-15(24)16(25)22-13-4-2-3-12(20)9-13/h2-9H,1H3,(H,21,26)(H,22,25)(H,23,27). The molecule has 1 aromatic heterocycles. The van der Waals surface area contributed by atoms with Gasteiger partial charge in [-0.15, -0.1) is 0 Å². The van der Waals surface area contributed by atoms with Gasteiger partial charge in [0.05, 0.1) is 5.52 Å². The van der Waals surface area contributed by atoms with Crippen molar-refractivity contribution in [1.82, 2.24) is 9.99 Å². The summed E-state index contributed by atoms with van der Waals surface area (Å²) in [7, 11) is 1.35. The van der Waals surface area contributed by atoms with E-state index in [1.165, 1.54) is 11.7 Å². The normalized spacial score (nSPS) is 10.5. The molecule has 7 nitrogen and oxygen atoms in total. The lowest BCUT2D eigenvalue weighted by atomic mass is 10.2. The molecule has 3 amide bonds. The van der Waals surface area contributed by atoms with Crippen molar-refractivity contribution in [2.45, 2.75) is 0 Å². The third-order valence-corrected chi connectivity index (χ3v) is 4.45. The van der Waals surface area contributed by atoms with E-state index in [0.29, 0.717) is 21.6 Å². The molecule has 0 radical (unpaired) electrons. The van der Waals surface area contributed by atoms with Crippen LogP contribution >= 0.6 is 27.5 Å². The molecule has 0 aliphatic heterocycles. The fraction of sp³-hybridized carbons (Fsp3) is 0.0556. The number of carbonyl (C=O) groups excluding carboxylic acids is 3.